The second-order valence-corrected chi connectivity index (χ2v) is 6.13. The number of aliphatic hydroxyl groups is 2. The zero-order chi connectivity index (χ0) is 15.0. The van der Waals surface area contributed by atoms with Crippen LogP contribution in [0.1, 0.15) is 23.3 Å². The zero-order valence-electron chi connectivity index (χ0n) is 11.7. The molecule has 0 saturated carbocycles. The van der Waals surface area contributed by atoms with Crippen LogP contribution in [0.2, 0.25) is 0 Å². The van der Waals surface area contributed by atoms with Crippen LogP contribution in [0, 0.1) is 0 Å². The molecule has 1 aliphatic carbocycles. The Bertz CT molecular complexity index is 936. The van der Waals surface area contributed by atoms with Crippen molar-refractivity contribution in [1.82, 2.24) is 0 Å². The van der Waals surface area contributed by atoms with Gasteiger partial charge in [-0.3, -0.25) is 0 Å². The van der Waals surface area contributed by atoms with Gasteiger partial charge in [0.1, 0.15) is 24.4 Å². The molecular weight excluding hydrogens is 278 g/mol. The van der Waals surface area contributed by atoms with Crippen LogP contribution >= 0.6 is 0 Å². The topological polar surface area (TPSA) is 79.0 Å². The number of benzene rings is 3. The van der Waals surface area contributed by atoms with Crippen molar-refractivity contribution in [2.75, 3.05) is 5.73 Å². The van der Waals surface area contributed by atoms with E-state index in [1.54, 1.807) is 0 Å². The van der Waals surface area contributed by atoms with Crippen LogP contribution in [0.4, 0.5) is 5.69 Å². The summed E-state index contributed by atoms with van der Waals surface area (Å²) < 4.78 is 5.60. The number of fused-ring (bicyclic) bond motifs is 7. The van der Waals surface area contributed by atoms with Crippen LogP contribution in [0.15, 0.2) is 42.5 Å². The number of aliphatic hydroxyl groups excluding tert-OH is 2. The van der Waals surface area contributed by atoms with Gasteiger partial charge in [0.2, 0.25) is 0 Å². The fraction of sp³-hybridized carbons (Fsp3) is 0.222. The van der Waals surface area contributed by atoms with Crippen LogP contribution < -0.4 is 5.73 Å². The molecule has 0 amide bonds. The van der Waals surface area contributed by atoms with Gasteiger partial charge in [-0.15, -0.1) is 0 Å². The maximum absolute atomic E-state index is 10.3. The zero-order valence-corrected chi connectivity index (χ0v) is 11.7. The predicted octanol–water partition coefficient (Wildman–Crippen LogP) is 2.42. The summed E-state index contributed by atoms with van der Waals surface area (Å²) in [6.07, 6.45) is -2.21. The number of rotatable bonds is 0. The van der Waals surface area contributed by atoms with Crippen LogP contribution in [0.5, 0.6) is 0 Å². The lowest BCUT2D eigenvalue weighted by molar-refractivity contribution is 0.000106. The summed E-state index contributed by atoms with van der Waals surface area (Å²) >= 11 is 0. The van der Waals surface area contributed by atoms with Crippen molar-refractivity contribution in [2.24, 2.45) is 0 Å². The first-order valence-electron chi connectivity index (χ1n) is 7.42. The van der Waals surface area contributed by atoms with E-state index in [1.165, 1.54) is 0 Å². The molecule has 4 atom stereocenters. The molecule has 22 heavy (non-hydrogen) atoms. The number of nitrogen functional groups attached to an aromatic ring is 1. The van der Waals surface area contributed by atoms with Gasteiger partial charge in [-0.1, -0.05) is 36.4 Å². The molecule has 4 heteroatoms. The number of hydrogen-bond donors (Lipinski definition) is 3. The van der Waals surface area contributed by atoms with Crippen LogP contribution in [0.3, 0.4) is 0 Å². The van der Waals surface area contributed by atoms with Crippen LogP contribution in [0.25, 0.3) is 21.5 Å². The number of hydrogen-bond acceptors (Lipinski definition) is 4. The Hall–Kier alpha value is -2.14. The van der Waals surface area contributed by atoms with E-state index in [0.29, 0.717) is 5.69 Å². The summed E-state index contributed by atoms with van der Waals surface area (Å²) in [6.45, 7) is 0. The second-order valence-electron chi connectivity index (χ2n) is 6.13. The highest BCUT2D eigenvalue weighted by molar-refractivity contribution is 6.13. The van der Waals surface area contributed by atoms with E-state index in [-0.39, 0.29) is 12.2 Å². The molecule has 0 radical (unpaired) electrons. The Morgan fingerprint density at radius 3 is 2.45 bits per heavy atom. The number of ether oxygens (including phenoxy) is 1. The summed E-state index contributed by atoms with van der Waals surface area (Å²) in [7, 11) is 0. The highest BCUT2D eigenvalue weighted by Gasteiger charge is 2.54. The Kier molecular flexibility index (Phi) is 2.25. The highest BCUT2D eigenvalue weighted by Crippen LogP contribution is 2.53. The van der Waals surface area contributed by atoms with Gasteiger partial charge in [0.15, 0.2) is 0 Å². The van der Waals surface area contributed by atoms with Gasteiger partial charge in [0, 0.05) is 11.1 Å². The maximum atomic E-state index is 10.3. The Morgan fingerprint density at radius 1 is 0.909 bits per heavy atom. The van der Waals surface area contributed by atoms with Crippen molar-refractivity contribution >= 4 is 27.2 Å². The molecule has 5 rings (SSSR count). The summed E-state index contributed by atoms with van der Waals surface area (Å²) in [4.78, 5) is 0. The van der Waals surface area contributed by atoms with Gasteiger partial charge >= 0.3 is 0 Å². The molecule has 0 aromatic heterocycles. The largest absolute Gasteiger partial charge is 0.398 e. The molecule has 1 fully saturated rings. The average molecular weight is 293 g/mol. The van der Waals surface area contributed by atoms with Gasteiger partial charge in [-0.25, -0.2) is 0 Å². The Morgan fingerprint density at radius 2 is 1.64 bits per heavy atom. The Balaban J connectivity index is 1.92. The molecule has 4 nitrogen and oxygen atoms in total. The molecule has 1 saturated heterocycles. The van der Waals surface area contributed by atoms with E-state index in [1.807, 2.05) is 36.4 Å². The summed E-state index contributed by atoms with van der Waals surface area (Å²) in [5.41, 5.74) is 8.65. The van der Waals surface area contributed by atoms with E-state index in [2.05, 4.69) is 6.07 Å². The number of anilines is 1. The predicted molar refractivity (Wildman–Crippen MR) is 84.4 cm³/mol. The third kappa shape index (κ3) is 1.42. The van der Waals surface area contributed by atoms with E-state index < -0.39 is 12.2 Å². The van der Waals surface area contributed by atoms with Crippen molar-refractivity contribution in [3.05, 3.63) is 53.6 Å². The first kappa shape index (κ1) is 12.4. The van der Waals surface area contributed by atoms with E-state index >= 15 is 0 Å². The minimum atomic E-state index is -0.907. The first-order chi connectivity index (χ1) is 10.7. The van der Waals surface area contributed by atoms with Crippen molar-refractivity contribution in [3.63, 3.8) is 0 Å². The van der Waals surface area contributed by atoms with Crippen molar-refractivity contribution in [3.8, 4) is 0 Å². The molecule has 110 valence electrons. The summed E-state index contributed by atoms with van der Waals surface area (Å²) in [6, 6.07) is 13.9. The minimum absolute atomic E-state index is 0.141. The van der Waals surface area contributed by atoms with Gasteiger partial charge in [-0.2, -0.15) is 0 Å². The SMILES string of the molecule is Nc1cc2c3c(ccc2c2ccccc12)C(O)C(O)C1OC31. The monoisotopic (exact) mass is 293 g/mol. The summed E-state index contributed by atoms with van der Waals surface area (Å²) in [5.74, 6) is 0. The lowest BCUT2D eigenvalue weighted by atomic mass is 9.83. The molecule has 4 N–H and O–H groups in total. The van der Waals surface area contributed by atoms with E-state index in [0.717, 1.165) is 32.7 Å². The maximum Gasteiger partial charge on any atom is 0.118 e. The Labute approximate surface area is 126 Å². The second kappa shape index (κ2) is 3.98. The third-order valence-electron chi connectivity index (χ3n) is 4.94. The fourth-order valence-corrected chi connectivity index (χ4v) is 3.80. The van der Waals surface area contributed by atoms with Crippen LogP contribution in [-0.4, -0.2) is 22.4 Å². The van der Waals surface area contributed by atoms with E-state index in [9.17, 15) is 10.2 Å². The molecule has 0 bridgehead atoms. The third-order valence-corrected chi connectivity index (χ3v) is 4.94. The van der Waals surface area contributed by atoms with Gasteiger partial charge in [-0.05, 0) is 33.4 Å². The smallest absolute Gasteiger partial charge is 0.118 e. The molecule has 2 aliphatic rings. The molecule has 3 aromatic carbocycles. The van der Waals surface area contributed by atoms with E-state index in [4.69, 9.17) is 10.5 Å². The van der Waals surface area contributed by atoms with Crippen molar-refractivity contribution in [2.45, 2.75) is 24.4 Å². The number of nitrogens with two attached hydrogens (primary N) is 1. The minimum Gasteiger partial charge on any atom is -0.398 e. The number of epoxide rings is 1. The molecule has 3 aromatic rings. The average Bonchev–Trinajstić information content (AvgIpc) is 3.33. The van der Waals surface area contributed by atoms with Crippen molar-refractivity contribution in [1.29, 1.82) is 0 Å². The normalized spacial score (nSPS) is 29.4. The lowest BCUT2D eigenvalue weighted by Crippen LogP contribution is -2.29. The molecule has 4 unspecified atom stereocenters. The standard InChI is InChI=1S/C18H15NO3/c19-13-7-12-9(8-3-1-2-4-10(8)13)5-6-11-14(12)17-18(22-17)16(21)15(11)20/h1-7,15-18,20-21H,19H2. The van der Waals surface area contributed by atoms with Crippen LogP contribution in [-0.2, 0) is 4.74 Å². The summed E-state index contributed by atoms with van der Waals surface area (Å²) in [5, 5.41) is 24.6. The lowest BCUT2D eigenvalue weighted by Gasteiger charge is -2.25. The molecular formula is C18H15NO3. The molecule has 0 spiro atoms. The van der Waals surface area contributed by atoms with Gasteiger partial charge in [0.05, 0.1) is 0 Å². The first-order valence-corrected chi connectivity index (χ1v) is 7.42. The molecule has 1 aliphatic heterocycles. The van der Waals surface area contributed by atoms with Gasteiger partial charge < -0.3 is 20.7 Å². The fourth-order valence-electron chi connectivity index (χ4n) is 3.80. The van der Waals surface area contributed by atoms with Crippen molar-refractivity contribution < 1.29 is 14.9 Å². The highest BCUT2D eigenvalue weighted by atomic mass is 16.6. The molecule has 1 heterocycles. The quantitative estimate of drug-likeness (QED) is 0.338. The van der Waals surface area contributed by atoms with Gasteiger partial charge in [0.25, 0.3) is 0 Å².